The van der Waals surface area contributed by atoms with E-state index in [-0.39, 0.29) is 6.54 Å². The molecule has 0 aliphatic heterocycles. The molecule has 1 atom stereocenters. The molecule has 0 radical (unpaired) electrons. The second-order valence-corrected chi connectivity index (χ2v) is 6.52. The summed E-state index contributed by atoms with van der Waals surface area (Å²) in [6.07, 6.45) is -0.322. The Morgan fingerprint density at radius 3 is 2.48 bits per heavy atom. The second-order valence-electron chi connectivity index (χ2n) is 6.52. The number of amides is 2. The minimum Gasteiger partial charge on any atom is -0.451 e. The van der Waals surface area contributed by atoms with Crippen LogP contribution < -0.4 is 11.1 Å². The van der Waals surface area contributed by atoms with Crippen molar-refractivity contribution in [2.24, 2.45) is 5.73 Å². The SMILES string of the molecule is CCc1nc2ccccc2n1CC(=O)O[C@@H](C)C(=O)Nc1ccc(C(N)=O)cc1. The maximum Gasteiger partial charge on any atom is 0.326 e. The molecule has 0 saturated heterocycles. The van der Waals surface area contributed by atoms with E-state index in [4.69, 9.17) is 10.5 Å². The fraction of sp³-hybridized carbons (Fsp3) is 0.238. The predicted molar refractivity (Wildman–Crippen MR) is 108 cm³/mol. The molecule has 8 nitrogen and oxygen atoms in total. The van der Waals surface area contributed by atoms with Gasteiger partial charge in [0.2, 0.25) is 5.91 Å². The van der Waals surface area contributed by atoms with Crippen LogP contribution in [0.2, 0.25) is 0 Å². The first kappa shape index (κ1) is 20.1. The summed E-state index contributed by atoms with van der Waals surface area (Å²) < 4.78 is 7.09. The van der Waals surface area contributed by atoms with Crippen LogP contribution in [0.25, 0.3) is 11.0 Å². The van der Waals surface area contributed by atoms with Gasteiger partial charge in [0.25, 0.3) is 5.91 Å². The number of ether oxygens (including phenoxy) is 1. The van der Waals surface area contributed by atoms with Crippen molar-refractivity contribution < 1.29 is 19.1 Å². The van der Waals surface area contributed by atoms with E-state index in [9.17, 15) is 14.4 Å². The molecule has 0 bridgehead atoms. The number of hydrogen-bond donors (Lipinski definition) is 2. The molecule has 0 unspecified atom stereocenters. The van der Waals surface area contributed by atoms with Gasteiger partial charge in [-0.05, 0) is 43.3 Å². The van der Waals surface area contributed by atoms with Crippen molar-refractivity contribution in [1.29, 1.82) is 0 Å². The summed E-state index contributed by atoms with van der Waals surface area (Å²) in [5, 5.41) is 2.64. The van der Waals surface area contributed by atoms with Gasteiger partial charge >= 0.3 is 5.97 Å². The molecule has 3 rings (SSSR count). The number of carbonyl (C=O) groups is 3. The summed E-state index contributed by atoms with van der Waals surface area (Å²) in [5.74, 6) is -0.788. The van der Waals surface area contributed by atoms with Gasteiger partial charge in [-0.25, -0.2) is 4.98 Å². The number of imidazole rings is 1. The fourth-order valence-electron chi connectivity index (χ4n) is 2.95. The maximum absolute atomic E-state index is 12.4. The van der Waals surface area contributed by atoms with Crippen LogP contribution in [-0.4, -0.2) is 33.4 Å². The van der Waals surface area contributed by atoms with Crippen LogP contribution in [0.4, 0.5) is 5.69 Å². The monoisotopic (exact) mass is 394 g/mol. The Bertz CT molecular complexity index is 1060. The summed E-state index contributed by atoms with van der Waals surface area (Å²) in [4.78, 5) is 40.3. The molecule has 0 saturated carbocycles. The van der Waals surface area contributed by atoms with E-state index in [0.717, 1.165) is 16.9 Å². The van der Waals surface area contributed by atoms with Crippen LogP contribution >= 0.6 is 0 Å². The third-order valence-corrected chi connectivity index (χ3v) is 4.45. The van der Waals surface area contributed by atoms with Crippen LogP contribution in [0.3, 0.4) is 0 Å². The lowest BCUT2D eigenvalue weighted by Crippen LogP contribution is -2.31. The molecule has 29 heavy (non-hydrogen) atoms. The second kappa shape index (κ2) is 8.55. The van der Waals surface area contributed by atoms with E-state index in [0.29, 0.717) is 17.7 Å². The number of carbonyl (C=O) groups excluding carboxylic acids is 3. The third-order valence-electron chi connectivity index (χ3n) is 4.45. The number of rotatable bonds is 7. The molecule has 0 fully saturated rings. The molecule has 1 heterocycles. The van der Waals surface area contributed by atoms with Gasteiger partial charge in [-0.15, -0.1) is 0 Å². The van der Waals surface area contributed by atoms with Crippen molar-refractivity contribution >= 4 is 34.5 Å². The summed E-state index contributed by atoms with van der Waals surface area (Å²) in [6.45, 7) is 3.43. The predicted octanol–water partition coefficient (Wildman–Crippen LogP) is 2.27. The van der Waals surface area contributed by atoms with E-state index in [1.165, 1.54) is 19.1 Å². The number of anilines is 1. The highest BCUT2D eigenvalue weighted by Crippen LogP contribution is 2.17. The topological polar surface area (TPSA) is 116 Å². The highest BCUT2D eigenvalue weighted by molar-refractivity contribution is 5.96. The van der Waals surface area contributed by atoms with E-state index in [2.05, 4.69) is 10.3 Å². The molecule has 8 heteroatoms. The number of nitrogens with one attached hydrogen (secondary N) is 1. The van der Waals surface area contributed by atoms with Crippen LogP contribution in [0.1, 0.15) is 30.0 Å². The Labute approximate surface area is 167 Å². The fourth-order valence-corrected chi connectivity index (χ4v) is 2.95. The van der Waals surface area contributed by atoms with Gasteiger partial charge in [-0.1, -0.05) is 19.1 Å². The van der Waals surface area contributed by atoms with E-state index >= 15 is 0 Å². The molecule has 150 valence electrons. The van der Waals surface area contributed by atoms with Gasteiger partial charge in [-0.3, -0.25) is 14.4 Å². The van der Waals surface area contributed by atoms with Crippen LogP contribution in [0.15, 0.2) is 48.5 Å². The van der Waals surface area contributed by atoms with E-state index < -0.39 is 23.9 Å². The van der Waals surface area contributed by atoms with Crippen molar-refractivity contribution in [3.05, 3.63) is 59.9 Å². The smallest absolute Gasteiger partial charge is 0.326 e. The Kier molecular flexibility index (Phi) is 5.92. The minimum absolute atomic E-state index is 0.0331. The van der Waals surface area contributed by atoms with E-state index in [1.807, 2.05) is 31.2 Å². The number of aryl methyl sites for hydroxylation is 1. The lowest BCUT2D eigenvalue weighted by atomic mass is 10.2. The maximum atomic E-state index is 12.4. The summed E-state index contributed by atoms with van der Waals surface area (Å²) in [5.41, 5.74) is 7.64. The Hall–Kier alpha value is -3.68. The number of esters is 1. The molecular weight excluding hydrogens is 372 g/mol. The van der Waals surface area contributed by atoms with Crippen molar-refractivity contribution in [3.63, 3.8) is 0 Å². The third kappa shape index (κ3) is 4.60. The number of aromatic nitrogens is 2. The number of benzene rings is 2. The molecule has 1 aromatic heterocycles. The first-order valence-corrected chi connectivity index (χ1v) is 9.23. The molecule has 3 aromatic rings. The first-order valence-electron chi connectivity index (χ1n) is 9.23. The van der Waals surface area contributed by atoms with E-state index in [1.54, 1.807) is 16.7 Å². The standard InChI is InChI=1S/C21H22N4O4/c1-3-18-24-16-6-4-5-7-17(16)25(18)12-19(26)29-13(2)21(28)23-15-10-8-14(9-11-15)20(22)27/h4-11,13H,3,12H2,1-2H3,(H2,22,27)(H,23,28)/t13-/m0/s1. The van der Waals surface area contributed by atoms with Crippen LogP contribution in [-0.2, 0) is 27.3 Å². The van der Waals surface area contributed by atoms with Crippen molar-refractivity contribution in [1.82, 2.24) is 9.55 Å². The largest absolute Gasteiger partial charge is 0.451 e. The molecular formula is C21H22N4O4. The minimum atomic E-state index is -0.988. The number of hydrogen-bond acceptors (Lipinski definition) is 5. The number of nitrogens with two attached hydrogens (primary N) is 1. The Morgan fingerprint density at radius 1 is 1.14 bits per heavy atom. The summed E-state index contributed by atoms with van der Waals surface area (Å²) in [6, 6.07) is 13.7. The molecule has 3 N–H and O–H groups in total. The van der Waals surface area contributed by atoms with Crippen LogP contribution in [0, 0.1) is 0 Å². The van der Waals surface area contributed by atoms with Crippen LogP contribution in [0.5, 0.6) is 0 Å². The number of para-hydroxylation sites is 2. The van der Waals surface area contributed by atoms with Gasteiger partial charge in [0.1, 0.15) is 12.4 Å². The van der Waals surface area contributed by atoms with Gasteiger partial charge in [-0.2, -0.15) is 0 Å². The summed E-state index contributed by atoms with van der Waals surface area (Å²) in [7, 11) is 0. The van der Waals surface area contributed by atoms with Crippen molar-refractivity contribution in [3.8, 4) is 0 Å². The quantitative estimate of drug-likeness (QED) is 0.596. The number of fused-ring (bicyclic) bond motifs is 1. The highest BCUT2D eigenvalue weighted by atomic mass is 16.5. The average Bonchev–Trinajstić information content (AvgIpc) is 3.05. The average molecular weight is 394 g/mol. The number of primary amides is 1. The van der Waals surface area contributed by atoms with Crippen molar-refractivity contribution in [2.75, 3.05) is 5.32 Å². The first-order chi connectivity index (χ1) is 13.9. The van der Waals surface area contributed by atoms with Gasteiger partial charge < -0.3 is 20.4 Å². The van der Waals surface area contributed by atoms with Gasteiger partial charge in [0, 0.05) is 17.7 Å². The lowest BCUT2D eigenvalue weighted by Gasteiger charge is -2.15. The molecule has 0 spiro atoms. The van der Waals surface area contributed by atoms with Crippen molar-refractivity contribution in [2.45, 2.75) is 32.9 Å². The molecule has 0 aliphatic rings. The zero-order chi connectivity index (χ0) is 21.0. The highest BCUT2D eigenvalue weighted by Gasteiger charge is 2.20. The Balaban J connectivity index is 1.63. The summed E-state index contributed by atoms with van der Waals surface area (Å²) >= 11 is 0. The number of nitrogens with zero attached hydrogens (tertiary/aromatic N) is 2. The van der Waals surface area contributed by atoms with Gasteiger partial charge in [0.15, 0.2) is 6.10 Å². The molecule has 2 amide bonds. The lowest BCUT2D eigenvalue weighted by molar-refractivity contribution is -0.153. The normalized spacial score (nSPS) is 11.8. The van der Waals surface area contributed by atoms with Gasteiger partial charge in [0.05, 0.1) is 11.0 Å². The zero-order valence-corrected chi connectivity index (χ0v) is 16.2. The molecule has 2 aromatic carbocycles. The zero-order valence-electron chi connectivity index (χ0n) is 16.2. The molecule has 0 aliphatic carbocycles. The Morgan fingerprint density at radius 2 is 1.83 bits per heavy atom.